The maximum Gasteiger partial charge on any atom is 0.0436 e. The summed E-state index contributed by atoms with van der Waals surface area (Å²) < 4.78 is 0. The minimum Gasteiger partial charge on any atom is -0.396 e. The smallest absolute Gasteiger partial charge is 0.0436 e. The first-order valence-corrected chi connectivity index (χ1v) is 10.1. The topological polar surface area (TPSA) is 60.7 Å². The third-order valence-electron chi connectivity index (χ3n) is 6.04. The Bertz CT molecular complexity index is 262. The summed E-state index contributed by atoms with van der Waals surface area (Å²) in [6, 6.07) is 0. The summed E-state index contributed by atoms with van der Waals surface area (Å²) in [4.78, 5) is 0. The summed E-state index contributed by atoms with van der Waals surface area (Å²) in [7, 11) is 0. The van der Waals surface area contributed by atoms with Gasteiger partial charge in [0.05, 0.1) is 0 Å². The number of hydrogen-bond acceptors (Lipinski definition) is 3. The second kappa shape index (κ2) is 13.2. The number of hydrogen-bond donors (Lipinski definition) is 3. The Kier molecular flexibility index (Phi) is 12.0. The first-order valence-electron chi connectivity index (χ1n) is 10.1. The van der Waals surface area contributed by atoms with E-state index in [2.05, 4.69) is 0 Å². The van der Waals surface area contributed by atoms with Crippen LogP contribution >= 0.6 is 0 Å². The van der Waals surface area contributed by atoms with Crippen LogP contribution in [0.5, 0.6) is 0 Å². The lowest BCUT2D eigenvalue weighted by molar-refractivity contribution is 0.0381. The molecule has 3 nitrogen and oxygen atoms in total. The van der Waals surface area contributed by atoms with Crippen molar-refractivity contribution < 1.29 is 15.3 Å². The first-order chi connectivity index (χ1) is 11.3. The average Bonchev–Trinajstić information content (AvgIpc) is 2.54. The molecule has 0 aromatic rings. The first kappa shape index (κ1) is 20.9. The van der Waals surface area contributed by atoms with Crippen LogP contribution in [0.3, 0.4) is 0 Å². The molecular formula is C20H40O3. The molecule has 138 valence electrons. The second-order valence-corrected chi connectivity index (χ2v) is 7.59. The van der Waals surface area contributed by atoms with Crippen LogP contribution in [0.15, 0.2) is 0 Å². The zero-order valence-electron chi connectivity index (χ0n) is 15.1. The Labute approximate surface area is 143 Å². The van der Waals surface area contributed by atoms with Gasteiger partial charge in [-0.05, 0) is 43.4 Å². The van der Waals surface area contributed by atoms with E-state index in [1.807, 2.05) is 0 Å². The van der Waals surface area contributed by atoms with Gasteiger partial charge in [0.15, 0.2) is 0 Å². The standard InChI is InChI=1S/C20H40O3/c21-16-12-19-11-9-7-5-3-1-2-4-6-8-10-13-20(19,14-17-22)15-18-23/h19,21-23H,1-18H2. The Morgan fingerprint density at radius 3 is 1.57 bits per heavy atom. The molecule has 0 spiro atoms. The predicted octanol–water partition coefficient (Wildman–Crippen LogP) is 4.43. The van der Waals surface area contributed by atoms with Gasteiger partial charge in [0.2, 0.25) is 0 Å². The van der Waals surface area contributed by atoms with Crippen LogP contribution in [0, 0.1) is 11.3 Å². The molecule has 1 rings (SSSR count). The van der Waals surface area contributed by atoms with Gasteiger partial charge in [0, 0.05) is 19.8 Å². The van der Waals surface area contributed by atoms with Gasteiger partial charge >= 0.3 is 0 Å². The monoisotopic (exact) mass is 328 g/mol. The van der Waals surface area contributed by atoms with E-state index in [1.165, 1.54) is 64.2 Å². The van der Waals surface area contributed by atoms with Gasteiger partial charge in [0.1, 0.15) is 0 Å². The fourth-order valence-corrected chi connectivity index (χ4v) is 4.63. The van der Waals surface area contributed by atoms with E-state index in [1.54, 1.807) is 0 Å². The summed E-state index contributed by atoms with van der Waals surface area (Å²) in [5, 5.41) is 28.8. The molecule has 1 aliphatic carbocycles. The van der Waals surface area contributed by atoms with Gasteiger partial charge in [-0.3, -0.25) is 0 Å². The molecule has 0 amide bonds. The van der Waals surface area contributed by atoms with E-state index in [4.69, 9.17) is 0 Å². The average molecular weight is 329 g/mol. The minimum atomic E-state index is 0.0242. The normalized spacial score (nSPS) is 24.9. The second-order valence-electron chi connectivity index (χ2n) is 7.59. The Morgan fingerprint density at radius 1 is 0.609 bits per heavy atom. The number of rotatable bonds is 6. The van der Waals surface area contributed by atoms with Gasteiger partial charge in [0.25, 0.3) is 0 Å². The highest BCUT2D eigenvalue weighted by Gasteiger charge is 2.36. The Morgan fingerprint density at radius 2 is 1.09 bits per heavy atom. The molecule has 1 saturated carbocycles. The van der Waals surface area contributed by atoms with Crippen molar-refractivity contribution in [1.82, 2.24) is 0 Å². The summed E-state index contributed by atoms with van der Waals surface area (Å²) in [5.74, 6) is 0.440. The predicted molar refractivity (Wildman–Crippen MR) is 96.4 cm³/mol. The van der Waals surface area contributed by atoms with E-state index < -0.39 is 0 Å². The van der Waals surface area contributed by atoms with Gasteiger partial charge < -0.3 is 15.3 Å². The third-order valence-corrected chi connectivity index (χ3v) is 6.04. The molecule has 0 saturated heterocycles. The molecule has 0 aromatic heterocycles. The van der Waals surface area contributed by atoms with Gasteiger partial charge in [-0.25, -0.2) is 0 Å². The van der Waals surface area contributed by atoms with Crippen molar-refractivity contribution in [1.29, 1.82) is 0 Å². The molecule has 0 heterocycles. The fourth-order valence-electron chi connectivity index (χ4n) is 4.63. The van der Waals surface area contributed by atoms with E-state index >= 15 is 0 Å². The molecule has 1 unspecified atom stereocenters. The fraction of sp³-hybridized carbons (Fsp3) is 1.00. The zero-order valence-corrected chi connectivity index (χ0v) is 15.1. The van der Waals surface area contributed by atoms with E-state index in [9.17, 15) is 15.3 Å². The Balaban J connectivity index is 2.78. The minimum absolute atomic E-state index is 0.0242. The van der Waals surface area contributed by atoms with Crippen LogP contribution in [0.25, 0.3) is 0 Å². The van der Waals surface area contributed by atoms with Crippen molar-refractivity contribution in [3.05, 3.63) is 0 Å². The summed E-state index contributed by atoms with van der Waals surface area (Å²) in [6.07, 6.45) is 17.7. The maximum atomic E-state index is 9.62. The number of aliphatic hydroxyl groups is 3. The van der Waals surface area contributed by atoms with Crippen LogP contribution in [0.2, 0.25) is 0 Å². The molecule has 1 aliphatic rings. The lowest BCUT2D eigenvalue weighted by Crippen LogP contribution is -2.34. The van der Waals surface area contributed by atoms with Crippen LogP contribution in [-0.4, -0.2) is 35.1 Å². The highest BCUT2D eigenvalue weighted by atomic mass is 16.3. The molecule has 3 N–H and O–H groups in total. The SMILES string of the molecule is OCCC1CCCCCCCCCCCCC1(CCO)CCO. The third kappa shape index (κ3) is 8.00. The largest absolute Gasteiger partial charge is 0.396 e. The molecule has 0 aromatic carbocycles. The van der Waals surface area contributed by atoms with Gasteiger partial charge in [-0.15, -0.1) is 0 Å². The molecule has 0 bridgehead atoms. The highest BCUT2D eigenvalue weighted by Crippen LogP contribution is 2.44. The van der Waals surface area contributed by atoms with Crippen LogP contribution < -0.4 is 0 Å². The zero-order chi connectivity index (χ0) is 16.8. The van der Waals surface area contributed by atoms with Gasteiger partial charge in [-0.2, -0.15) is 0 Å². The van der Waals surface area contributed by atoms with Crippen LogP contribution in [0.1, 0.15) is 96.3 Å². The van der Waals surface area contributed by atoms with E-state index in [0.717, 1.165) is 32.1 Å². The highest BCUT2D eigenvalue weighted by molar-refractivity contribution is 4.86. The van der Waals surface area contributed by atoms with Crippen molar-refractivity contribution >= 4 is 0 Å². The van der Waals surface area contributed by atoms with Crippen molar-refractivity contribution in [2.75, 3.05) is 19.8 Å². The summed E-state index contributed by atoms with van der Waals surface area (Å²) >= 11 is 0. The quantitative estimate of drug-likeness (QED) is 0.676. The molecule has 1 atom stereocenters. The van der Waals surface area contributed by atoms with Crippen molar-refractivity contribution in [3.63, 3.8) is 0 Å². The molecule has 0 aliphatic heterocycles. The van der Waals surface area contributed by atoms with Gasteiger partial charge in [-0.1, -0.05) is 64.2 Å². The molecular weight excluding hydrogens is 288 g/mol. The maximum absolute atomic E-state index is 9.62. The number of aliphatic hydroxyl groups excluding tert-OH is 3. The molecule has 23 heavy (non-hydrogen) atoms. The lowest BCUT2D eigenvalue weighted by Gasteiger charge is -2.41. The van der Waals surface area contributed by atoms with E-state index in [0.29, 0.717) is 5.92 Å². The Hall–Kier alpha value is -0.120. The van der Waals surface area contributed by atoms with Crippen LogP contribution in [0.4, 0.5) is 0 Å². The molecule has 3 heteroatoms. The van der Waals surface area contributed by atoms with E-state index in [-0.39, 0.29) is 25.2 Å². The van der Waals surface area contributed by atoms with Crippen molar-refractivity contribution in [2.24, 2.45) is 11.3 Å². The molecule has 1 fully saturated rings. The summed E-state index contributed by atoms with van der Waals surface area (Å²) in [6.45, 7) is 0.618. The van der Waals surface area contributed by atoms with Crippen molar-refractivity contribution in [3.8, 4) is 0 Å². The van der Waals surface area contributed by atoms with Crippen molar-refractivity contribution in [2.45, 2.75) is 96.3 Å². The molecule has 0 radical (unpaired) electrons. The lowest BCUT2D eigenvalue weighted by atomic mass is 9.64. The summed E-state index contributed by atoms with van der Waals surface area (Å²) in [5.41, 5.74) is 0.0242. The van der Waals surface area contributed by atoms with Crippen LogP contribution in [-0.2, 0) is 0 Å².